The average molecular weight is 442 g/mol. The number of amides is 5. The lowest BCUT2D eigenvalue weighted by atomic mass is 9.91. The van der Waals surface area contributed by atoms with Crippen LogP contribution in [0, 0.1) is 11.6 Å². The zero-order valence-electron chi connectivity index (χ0n) is 17.2. The molecule has 2 aromatic carbocycles. The number of nitrogens with one attached hydrogen (secondary N) is 2. The summed E-state index contributed by atoms with van der Waals surface area (Å²) in [6.07, 6.45) is 1.30. The van der Waals surface area contributed by atoms with E-state index in [9.17, 15) is 28.0 Å². The van der Waals surface area contributed by atoms with Crippen LogP contribution in [-0.2, 0) is 19.9 Å². The molecule has 2 N–H and O–H groups in total. The van der Waals surface area contributed by atoms with Crippen LogP contribution in [0.2, 0.25) is 0 Å². The Morgan fingerprint density at radius 2 is 1.84 bits per heavy atom. The summed E-state index contributed by atoms with van der Waals surface area (Å²) in [5, 5.41) is 4.92. The molecule has 8 nitrogen and oxygen atoms in total. The van der Waals surface area contributed by atoms with Gasteiger partial charge in [0.1, 0.15) is 23.7 Å². The zero-order valence-corrected chi connectivity index (χ0v) is 17.2. The van der Waals surface area contributed by atoms with Crippen molar-refractivity contribution in [3.63, 3.8) is 0 Å². The number of imide groups is 1. The predicted molar refractivity (Wildman–Crippen MR) is 111 cm³/mol. The van der Waals surface area contributed by atoms with Crippen LogP contribution >= 0.6 is 0 Å². The fourth-order valence-corrected chi connectivity index (χ4v) is 3.89. The van der Waals surface area contributed by atoms with Crippen molar-refractivity contribution < 1.29 is 28.0 Å². The van der Waals surface area contributed by atoms with E-state index in [1.165, 1.54) is 6.92 Å². The molecule has 0 aromatic heterocycles. The van der Waals surface area contributed by atoms with E-state index in [0.29, 0.717) is 29.2 Å². The van der Waals surface area contributed by atoms with E-state index in [-0.39, 0.29) is 11.5 Å². The fourth-order valence-electron chi connectivity index (χ4n) is 3.89. The molecule has 2 heterocycles. The number of benzene rings is 2. The van der Waals surface area contributed by atoms with Crippen LogP contribution in [0.5, 0.6) is 0 Å². The molecule has 2 saturated heterocycles. The van der Waals surface area contributed by atoms with Crippen LogP contribution in [0.3, 0.4) is 0 Å². The molecule has 0 unspecified atom stereocenters. The first-order valence-corrected chi connectivity index (χ1v) is 9.99. The number of hydrogen-bond acceptors (Lipinski definition) is 4. The Labute approximate surface area is 182 Å². The van der Waals surface area contributed by atoms with E-state index >= 15 is 0 Å². The maximum Gasteiger partial charge on any atom is 0.325 e. The highest BCUT2D eigenvalue weighted by Crippen LogP contribution is 2.31. The van der Waals surface area contributed by atoms with E-state index in [1.807, 2.05) is 0 Å². The molecule has 0 aliphatic carbocycles. The Kier molecular flexibility index (Phi) is 5.37. The van der Waals surface area contributed by atoms with E-state index in [2.05, 4.69) is 10.6 Å². The quantitative estimate of drug-likeness (QED) is 0.695. The Hall–Kier alpha value is -3.82. The lowest BCUT2D eigenvalue weighted by molar-refractivity contribution is -0.133. The molecule has 2 aliphatic rings. The van der Waals surface area contributed by atoms with Gasteiger partial charge in [-0.2, -0.15) is 0 Å². The SMILES string of the molecule is C[C@@]1(c2cc(F)ccc2F)NC(=O)N(CC(=O)Nc2ccc(N3CCCC3=O)cc2)C1=O. The molecule has 2 aromatic rings. The molecule has 166 valence electrons. The lowest BCUT2D eigenvalue weighted by Crippen LogP contribution is -2.42. The van der Waals surface area contributed by atoms with E-state index in [4.69, 9.17) is 0 Å². The van der Waals surface area contributed by atoms with Gasteiger partial charge in [-0.05, 0) is 55.8 Å². The summed E-state index contributed by atoms with van der Waals surface area (Å²) in [7, 11) is 0. The van der Waals surface area contributed by atoms with Crippen molar-refractivity contribution in [3.8, 4) is 0 Å². The number of carbonyl (C=O) groups is 4. The molecular weight excluding hydrogens is 422 g/mol. The summed E-state index contributed by atoms with van der Waals surface area (Å²) >= 11 is 0. The monoisotopic (exact) mass is 442 g/mol. The Bertz CT molecular complexity index is 1120. The fraction of sp³-hybridized carbons (Fsp3) is 0.273. The summed E-state index contributed by atoms with van der Waals surface area (Å²) in [6.45, 7) is 1.28. The number of urea groups is 1. The number of nitrogens with zero attached hydrogens (tertiary/aromatic N) is 2. The van der Waals surface area contributed by atoms with Gasteiger partial charge in [-0.1, -0.05) is 0 Å². The molecule has 10 heteroatoms. The van der Waals surface area contributed by atoms with Crippen molar-refractivity contribution in [1.82, 2.24) is 10.2 Å². The van der Waals surface area contributed by atoms with Gasteiger partial charge in [0.2, 0.25) is 11.8 Å². The van der Waals surface area contributed by atoms with Gasteiger partial charge in [0.25, 0.3) is 5.91 Å². The minimum Gasteiger partial charge on any atom is -0.325 e. The van der Waals surface area contributed by atoms with Crippen LogP contribution in [0.25, 0.3) is 0 Å². The third-order valence-electron chi connectivity index (χ3n) is 5.58. The predicted octanol–water partition coefficient (Wildman–Crippen LogP) is 2.50. The first kappa shape index (κ1) is 21.4. The second-order valence-electron chi connectivity index (χ2n) is 7.81. The van der Waals surface area contributed by atoms with Gasteiger partial charge >= 0.3 is 6.03 Å². The molecule has 0 spiro atoms. The zero-order chi connectivity index (χ0) is 23.0. The molecule has 32 heavy (non-hydrogen) atoms. The summed E-state index contributed by atoms with van der Waals surface area (Å²) in [5.41, 5.74) is -1.04. The van der Waals surface area contributed by atoms with Crippen LogP contribution in [-0.4, -0.2) is 41.7 Å². The molecule has 2 aliphatic heterocycles. The second kappa shape index (κ2) is 8.03. The highest BCUT2D eigenvalue weighted by molar-refractivity contribution is 6.10. The standard InChI is InChI=1S/C22H20F2N4O4/c1-22(16-11-13(23)4-9-17(16)24)20(31)28(21(32)26-22)12-18(29)25-14-5-7-15(8-6-14)27-10-2-3-19(27)30/h4-9,11H,2-3,10,12H2,1H3,(H,25,29)(H,26,32)/t22-/m0/s1. The van der Waals surface area contributed by atoms with Gasteiger partial charge in [0.05, 0.1) is 0 Å². The minimum atomic E-state index is -1.84. The van der Waals surface area contributed by atoms with Crippen LogP contribution in [0.15, 0.2) is 42.5 Å². The third-order valence-corrected chi connectivity index (χ3v) is 5.58. The van der Waals surface area contributed by atoms with Crippen molar-refractivity contribution in [2.45, 2.75) is 25.3 Å². The van der Waals surface area contributed by atoms with Gasteiger partial charge in [0.15, 0.2) is 0 Å². The molecule has 2 fully saturated rings. The number of hydrogen-bond donors (Lipinski definition) is 2. The summed E-state index contributed by atoms with van der Waals surface area (Å²) in [5.74, 6) is -3.10. The topological polar surface area (TPSA) is 98.8 Å². The van der Waals surface area contributed by atoms with Gasteiger partial charge in [-0.25, -0.2) is 13.6 Å². The molecular formula is C22H20F2N4O4. The maximum absolute atomic E-state index is 14.2. The summed E-state index contributed by atoms with van der Waals surface area (Å²) in [6, 6.07) is 8.31. The average Bonchev–Trinajstić information content (AvgIpc) is 3.27. The van der Waals surface area contributed by atoms with Crippen LogP contribution < -0.4 is 15.5 Å². The lowest BCUT2D eigenvalue weighted by Gasteiger charge is -2.22. The number of halogens is 2. The minimum absolute atomic E-state index is 0.0399. The first-order chi connectivity index (χ1) is 15.2. The van der Waals surface area contributed by atoms with Gasteiger partial charge in [0, 0.05) is 29.9 Å². The highest BCUT2D eigenvalue weighted by Gasteiger charge is 2.50. The van der Waals surface area contributed by atoms with Crippen molar-refractivity contribution in [3.05, 3.63) is 59.7 Å². The molecule has 0 saturated carbocycles. The molecule has 5 amide bonds. The Morgan fingerprint density at radius 3 is 2.50 bits per heavy atom. The van der Waals surface area contributed by atoms with Crippen LogP contribution in [0.4, 0.5) is 25.0 Å². The second-order valence-corrected chi connectivity index (χ2v) is 7.81. The van der Waals surface area contributed by atoms with Gasteiger partial charge < -0.3 is 15.5 Å². The van der Waals surface area contributed by atoms with Crippen LogP contribution in [0.1, 0.15) is 25.3 Å². The molecule has 0 radical (unpaired) electrons. The largest absolute Gasteiger partial charge is 0.325 e. The first-order valence-electron chi connectivity index (χ1n) is 9.99. The maximum atomic E-state index is 14.2. The smallest absolute Gasteiger partial charge is 0.325 e. The number of carbonyl (C=O) groups excluding carboxylic acids is 4. The Balaban J connectivity index is 1.44. The number of rotatable bonds is 5. The third kappa shape index (κ3) is 3.79. The van der Waals surface area contributed by atoms with Crippen molar-refractivity contribution in [2.75, 3.05) is 23.3 Å². The van der Waals surface area contributed by atoms with E-state index in [0.717, 1.165) is 24.6 Å². The summed E-state index contributed by atoms with van der Waals surface area (Å²) < 4.78 is 27.8. The van der Waals surface area contributed by atoms with E-state index in [1.54, 1.807) is 29.2 Å². The van der Waals surface area contributed by atoms with Crippen molar-refractivity contribution >= 4 is 35.1 Å². The van der Waals surface area contributed by atoms with E-state index < -0.39 is 41.6 Å². The normalized spacial score (nSPS) is 20.7. The van der Waals surface area contributed by atoms with Crippen molar-refractivity contribution in [2.24, 2.45) is 0 Å². The molecule has 4 rings (SSSR count). The van der Waals surface area contributed by atoms with Gasteiger partial charge in [-0.3, -0.25) is 19.3 Å². The molecule has 0 bridgehead atoms. The molecule has 1 atom stereocenters. The van der Waals surface area contributed by atoms with Crippen molar-refractivity contribution in [1.29, 1.82) is 0 Å². The summed E-state index contributed by atoms with van der Waals surface area (Å²) in [4.78, 5) is 51.8. The Morgan fingerprint density at radius 1 is 1.12 bits per heavy atom. The number of anilines is 2. The highest BCUT2D eigenvalue weighted by atomic mass is 19.1. The van der Waals surface area contributed by atoms with Gasteiger partial charge in [-0.15, -0.1) is 0 Å².